The molecule has 0 spiro atoms. The molecular weight excluding hydrogens is 398 g/mol. The van der Waals surface area contributed by atoms with Crippen LogP contribution in [0.3, 0.4) is 0 Å². The number of nitrogens with zero attached hydrogens (tertiary/aromatic N) is 5. The molecule has 0 aliphatic carbocycles. The van der Waals surface area contributed by atoms with Crippen molar-refractivity contribution in [2.45, 2.75) is 19.8 Å². The van der Waals surface area contributed by atoms with Gasteiger partial charge < -0.3 is 15.5 Å². The van der Waals surface area contributed by atoms with Crippen LogP contribution >= 0.6 is 11.6 Å². The first-order valence-electron chi connectivity index (χ1n) is 10.8. The van der Waals surface area contributed by atoms with E-state index in [2.05, 4.69) is 49.5 Å². The summed E-state index contributed by atoms with van der Waals surface area (Å²) in [6.07, 6.45) is 5.60. The molecule has 1 aromatic carbocycles. The molecule has 7 nitrogen and oxygen atoms in total. The molecule has 8 heteroatoms. The monoisotopic (exact) mass is 429 g/mol. The number of nitrogens with one attached hydrogen (secondary N) is 2. The molecule has 2 heterocycles. The lowest BCUT2D eigenvalue weighted by atomic mass is 10.1. The van der Waals surface area contributed by atoms with Gasteiger partial charge in [-0.3, -0.25) is 9.89 Å². The van der Waals surface area contributed by atoms with Crippen LogP contribution in [0.4, 0.5) is 5.95 Å². The molecule has 2 aromatic rings. The first-order chi connectivity index (χ1) is 14.7. The summed E-state index contributed by atoms with van der Waals surface area (Å²) in [7, 11) is 0. The van der Waals surface area contributed by atoms with Crippen molar-refractivity contribution >= 4 is 23.5 Å². The fourth-order valence-corrected chi connectivity index (χ4v) is 3.56. The number of hydrogen-bond donors (Lipinski definition) is 2. The quantitative estimate of drug-likeness (QED) is 0.362. The summed E-state index contributed by atoms with van der Waals surface area (Å²) in [5.74, 6) is 1.72. The third kappa shape index (κ3) is 7.46. The number of guanidine groups is 1. The van der Waals surface area contributed by atoms with Crippen molar-refractivity contribution in [2.75, 3.05) is 57.3 Å². The number of aliphatic imine (C=N–C) groups is 1. The number of halogens is 1. The third-order valence-electron chi connectivity index (χ3n) is 5.07. The zero-order valence-corrected chi connectivity index (χ0v) is 18.5. The Morgan fingerprint density at radius 1 is 1.07 bits per heavy atom. The summed E-state index contributed by atoms with van der Waals surface area (Å²) in [5.41, 5.74) is 1.27. The zero-order valence-electron chi connectivity index (χ0n) is 17.7. The van der Waals surface area contributed by atoms with Crippen LogP contribution in [0.2, 0.25) is 5.02 Å². The van der Waals surface area contributed by atoms with Crippen molar-refractivity contribution in [3.8, 4) is 0 Å². The largest absolute Gasteiger partial charge is 0.357 e. The highest BCUT2D eigenvalue weighted by atomic mass is 35.5. The van der Waals surface area contributed by atoms with Gasteiger partial charge in [0.2, 0.25) is 5.95 Å². The number of hydrogen-bond acceptors (Lipinski definition) is 5. The van der Waals surface area contributed by atoms with Crippen LogP contribution in [-0.2, 0) is 6.42 Å². The Morgan fingerprint density at radius 3 is 2.50 bits per heavy atom. The fourth-order valence-electron chi connectivity index (χ4n) is 3.43. The van der Waals surface area contributed by atoms with Gasteiger partial charge in [-0.25, -0.2) is 9.97 Å². The Hall–Kier alpha value is -2.38. The second-order valence-corrected chi connectivity index (χ2v) is 7.73. The summed E-state index contributed by atoms with van der Waals surface area (Å²) in [5, 5.41) is 7.52. The molecule has 0 saturated carbocycles. The van der Waals surface area contributed by atoms with E-state index in [4.69, 9.17) is 16.6 Å². The van der Waals surface area contributed by atoms with Crippen molar-refractivity contribution in [3.63, 3.8) is 0 Å². The fraction of sp³-hybridized carbons (Fsp3) is 0.500. The summed E-state index contributed by atoms with van der Waals surface area (Å²) in [4.78, 5) is 18.2. The van der Waals surface area contributed by atoms with E-state index < -0.39 is 0 Å². The average Bonchev–Trinajstić information content (AvgIpc) is 2.79. The average molecular weight is 430 g/mol. The van der Waals surface area contributed by atoms with Crippen LogP contribution in [0.5, 0.6) is 0 Å². The van der Waals surface area contributed by atoms with Crippen LogP contribution in [0, 0.1) is 0 Å². The Morgan fingerprint density at radius 2 is 1.80 bits per heavy atom. The van der Waals surface area contributed by atoms with Gasteiger partial charge in [0.25, 0.3) is 0 Å². The molecule has 162 valence electrons. The molecule has 1 fully saturated rings. The predicted molar refractivity (Wildman–Crippen MR) is 124 cm³/mol. The van der Waals surface area contributed by atoms with Crippen molar-refractivity contribution < 1.29 is 0 Å². The molecule has 1 aromatic heterocycles. The minimum Gasteiger partial charge on any atom is -0.357 e. The minimum absolute atomic E-state index is 0.774. The van der Waals surface area contributed by atoms with Gasteiger partial charge in [-0.1, -0.05) is 23.7 Å². The molecule has 0 unspecified atom stereocenters. The van der Waals surface area contributed by atoms with E-state index in [-0.39, 0.29) is 0 Å². The molecule has 1 saturated heterocycles. The predicted octanol–water partition coefficient (Wildman–Crippen LogP) is 2.44. The highest BCUT2D eigenvalue weighted by molar-refractivity contribution is 6.30. The van der Waals surface area contributed by atoms with Crippen LogP contribution in [-0.4, -0.2) is 73.2 Å². The van der Waals surface area contributed by atoms with Crippen LogP contribution < -0.4 is 15.5 Å². The standard InChI is InChI=1S/C22H32ClN7/c1-2-24-21(26-13-9-19-5-7-20(23)8-6-19)25-12-4-14-29-15-17-30(18-16-29)22-27-10-3-11-28-22/h3,5-8,10-11H,2,4,9,12-18H2,1H3,(H2,24,25,26). The molecule has 0 radical (unpaired) electrons. The van der Waals surface area contributed by atoms with Crippen molar-refractivity contribution in [1.29, 1.82) is 0 Å². The first kappa shape index (κ1) is 22.3. The van der Waals surface area contributed by atoms with E-state index in [0.717, 1.165) is 82.1 Å². The lowest BCUT2D eigenvalue weighted by Crippen LogP contribution is -2.47. The van der Waals surface area contributed by atoms with Crippen LogP contribution in [0.15, 0.2) is 47.7 Å². The van der Waals surface area contributed by atoms with E-state index >= 15 is 0 Å². The normalized spacial score (nSPS) is 15.3. The molecule has 0 amide bonds. The summed E-state index contributed by atoms with van der Waals surface area (Å²) < 4.78 is 0. The number of piperazine rings is 1. The summed E-state index contributed by atoms with van der Waals surface area (Å²) >= 11 is 5.94. The topological polar surface area (TPSA) is 68.7 Å². The Kier molecular flexibility index (Phi) is 9.18. The molecule has 30 heavy (non-hydrogen) atoms. The van der Waals surface area contributed by atoms with E-state index in [9.17, 15) is 0 Å². The Balaban J connectivity index is 1.33. The maximum atomic E-state index is 5.94. The number of benzene rings is 1. The van der Waals surface area contributed by atoms with Gasteiger partial charge >= 0.3 is 0 Å². The SMILES string of the molecule is CCNC(=NCCCN1CCN(c2ncccn2)CC1)NCCc1ccc(Cl)cc1. The lowest BCUT2D eigenvalue weighted by molar-refractivity contribution is 0.255. The molecule has 0 bridgehead atoms. The van der Waals surface area contributed by atoms with Gasteiger partial charge in [-0.2, -0.15) is 0 Å². The van der Waals surface area contributed by atoms with Gasteiger partial charge in [0, 0.05) is 69.8 Å². The van der Waals surface area contributed by atoms with E-state index in [1.165, 1.54) is 5.56 Å². The molecule has 1 aliphatic rings. The Labute approximate surface area is 184 Å². The molecule has 1 aliphatic heterocycles. The summed E-state index contributed by atoms with van der Waals surface area (Å²) in [6, 6.07) is 9.86. The van der Waals surface area contributed by atoms with Crippen molar-refractivity contribution in [2.24, 2.45) is 4.99 Å². The first-order valence-corrected chi connectivity index (χ1v) is 11.1. The van der Waals surface area contributed by atoms with Gasteiger partial charge in [0.1, 0.15) is 0 Å². The van der Waals surface area contributed by atoms with Crippen LogP contribution in [0.1, 0.15) is 18.9 Å². The second-order valence-electron chi connectivity index (χ2n) is 7.29. The summed E-state index contributed by atoms with van der Waals surface area (Å²) in [6.45, 7) is 9.71. The number of rotatable bonds is 9. The Bertz CT molecular complexity index is 759. The van der Waals surface area contributed by atoms with Crippen LogP contribution in [0.25, 0.3) is 0 Å². The third-order valence-corrected chi connectivity index (χ3v) is 5.33. The maximum absolute atomic E-state index is 5.94. The highest BCUT2D eigenvalue weighted by Gasteiger charge is 2.18. The smallest absolute Gasteiger partial charge is 0.225 e. The molecule has 2 N–H and O–H groups in total. The van der Waals surface area contributed by atoms with Gasteiger partial charge in [0.15, 0.2) is 5.96 Å². The molecule has 0 atom stereocenters. The number of anilines is 1. The van der Waals surface area contributed by atoms with Crippen molar-refractivity contribution in [3.05, 3.63) is 53.3 Å². The van der Waals surface area contributed by atoms with E-state index in [1.54, 1.807) is 12.4 Å². The van der Waals surface area contributed by atoms with Gasteiger partial charge in [-0.05, 0) is 43.5 Å². The van der Waals surface area contributed by atoms with Gasteiger partial charge in [0.05, 0.1) is 0 Å². The maximum Gasteiger partial charge on any atom is 0.225 e. The second kappa shape index (κ2) is 12.3. The molecule has 3 rings (SSSR count). The lowest BCUT2D eigenvalue weighted by Gasteiger charge is -2.34. The zero-order chi connectivity index (χ0) is 21.0. The van der Waals surface area contributed by atoms with Crippen molar-refractivity contribution in [1.82, 2.24) is 25.5 Å². The minimum atomic E-state index is 0.774. The van der Waals surface area contributed by atoms with E-state index in [1.807, 2.05) is 18.2 Å². The van der Waals surface area contributed by atoms with E-state index in [0.29, 0.717) is 0 Å². The highest BCUT2D eigenvalue weighted by Crippen LogP contribution is 2.10. The number of aromatic nitrogens is 2. The molecular formula is C22H32ClN7. The van der Waals surface area contributed by atoms with Gasteiger partial charge in [-0.15, -0.1) is 0 Å².